The molecule has 4 aromatic rings. The third-order valence-electron chi connectivity index (χ3n) is 9.05. The van der Waals surface area contributed by atoms with Crippen LogP contribution in [-0.2, 0) is 20.7 Å². The lowest BCUT2D eigenvalue weighted by Gasteiger charge is -2.14. The highest BCUT2D eigenvalue weighted by Gasteiger charge is 2.40. The lowest BCUT2D eigenvalue weighted by atomic mass is 10.0. The van der Waals surface area contributed by atoms with Gasteiger partial charge in [0.25, 0.3) is 11.8 Å². The Hall–Kier alpha value is -4.71. The number of rotatable bonds is 23. The van der Waals surface area contributed by atoms with Crippen LogP contribution in [0.2, 0.25) is 0 Å². The van der Waals surface area contributed by atoms with Crippen molar-refractivity contribution in [3.05, 3.63) is 84.4 Å². The van der Waals surface area contributed by atoms with Crippen LogP contribution < -0.4 is 15.1 Å². The molecule has 0 radical (unpaired) electrons. The summed E-state index contributed by atoms with van der Waals surface area (Å²) in [5, 5.41) is 20.3. The first-order chi connectivity index (χ1) is 26.1. The van der Waals surface area contributed by atoms with Crippen molar-refractivity contribution in [1.29, 1.82) is 0 Å². The molecular formula is C41H53N7O4S. The highest BCUT2D eigenvalue weighted by Crippen LogP contribution is 2.32. The van der Waals surface area contributed by atoms with Gasteiger partial charge in [0.05, 0.1) is 18.0 Å². The van der Waals surface area contributed by atoms with Crippen LogP contribution in [0.3, 0.4) is 0 Å². The number of hydrazone groups is 1. The van der Waals surface area contributed by atoms with E-state index in [0.29, 0.717) is 28.9 Å². The van der Waals surface area contributed by atoms with Crippen molar-refractivity contribution in [2.24, 2.45) is 5.10 Å². The number of ether oxygens (including phenoxy) is 2. The number of hydrogen-bond acceptors (Lipinski definition) is 9. The number of aryl methyl sites for hydroxylation is 1. The molecule has 0 saturated heterocycles. The van der Waals surface area contributed by atoms with Crippen LogP contribution in [0.4, 0.5) is 11.4 Å². The van der Waals surface area contributed by atoms with E-state index < -0.39 is 5.25 Å². The van der Waals surface area contributed by atoms with Crippen molar-refractivity contribution in [3.63, 3.8) is 0 Å². The van der Waals surface area contributed by atoms with Gasteiger partial charge in [-0.05, 0) is 84.3 Å². The largest absolute Gasteiger partial charge is 0.484 e. The lowest BCUT2D eigenvalue weighted by molar-refractivity contribution is -0.118. The highest BCUT2D eigenvalue weighted by molar-refractivity contribution is 8.01. The average molecular weight is 740 g/mol. The first-order valence-electron chi connectivity index (χ1n) is 19.2. The minimum absolute atomic E-state index is 0.113. The summed E-state index contributed by atoms with van der Waals surface area (Å²) < 4.78 is 13.2. The number of thioether (sulfide) groups is 1. The van der Waals surface area contributed by atoms with Gasteiger partial charge in [-0.25, -0.2) is 0 Å². The Morgan fingerprint density at radius 1 is 0.774 bits per heavy atom. The molecule has 11 nitrogen and oxygen atoms in total. The number of tetrazole rings is 1. The number of amides is 2. The Balaban J connectivity index is 1.02. The quantitative estimate of drug-likeness (QED) is 0.0748. The van der Waals surface area contributed by atoms with Crippen LogP contribution in [0.5, 0.6) is 5.75 Å². The van der Waals surface area contributed by atoms with Gasteiger partial charge in [0.1, 0.15) is 5.75 Å². The van der Waals surface area contributed by atoms with Gasteiger partial charge < -0.3 is 14.8 Å². The third-order valence-corrected chi connectivity index (χ3v) is 10.2. The monoisotopic (exact) mass is 739 g/mol. The molecule has 12 heteroatoms. The van der Waals surface area contributed by atoms with E-state index in [1.165, 1.54) is 99.4 Å². The Kier molecular flexibility index (Phi) is 16.2. The predicted molar refractivity (Wildman–Crippen MR) is 212 cm³/mol. The van der Waals surface area contributed by atoms with Gasteiger partial charge in [-0.2, -0.15) is 9.69 Å². The van der Waals surface area contributed by atoms with Crippen molar-refractivity contribution in [2.75, 3.05) is 23.5 Å². The number of unbranched alkanes of at least 4 members (excludes halogenated alkanes) is 12. The number of anilines is 2. The first-order valence-corrected chi connectivity index (χ1v) is 20.1. The minimum atomic E-state index is -0.771. The SMILES string of the molecule is CCCCCCCCCCCCCCCc1cccc(OCC(=O)Nc2ccc(N3N=C(OCC)C(Sc4nnnn4-c4ccccc4)C3=O)cc2)c1. The van der Waals surface area contributed by atoms with E-state index in [0.717, 1.165) is 18.5 Å². The molecule has 2 heterocycles. The molecule has 0 saturated carbocycles. The molecule has 53 heavy (non-hydrogen) atoms. The van der Waals surface area contributed by atoms with Crippen molar-refractivity contribution in [2.45, 2.75) is 114 Å². The smallest absolute Gasteiger partial charge is 0.270 e. The molecule has 282 valence electrons. The molecule has 3 aromatic carbocycles. The number of aromatic nitrogens is 4. The summed E-state index contributed by atoms with van der Waals surface area (Å²) in [6.07, 6.45) is 18.5. The van der Waals surface area contributed by atoms with E-state index in [1.54, 1.807) is 28.9 Å². The van der Waals surface area contributed by atoms with Crippen molar-refractivity contribution >= 4 is 40.8 Å². The molecule has 1 N–H and O–H groups in total. The molecule has 1 aliphatic heterocycles. The highest BCUT2D eigenvalue weighted by atomic mass is 32.2. The van der Waals surface area contributed by atoms with Crippen LogP contribution in [0.15, 0.2) is 89.1 Å². The van der Waals surface area contributed by atoms with Gasteiger partial charge >= 0.3 is 0 Å². The maximum absolute atomic E-state index is 13.6. The Morgan fingerprint density at radius 3 is 2.13 bits per heavy atom. The van der Waals surface area contributed by atoms with Gasteiger partial charge in [0.2, 0.25) is 11.1 Å². The molecule has 5 rings (SSSR count). The number of nitrogens with one attached hydrogen (secondary N) is 1. The average Bonchev–Trinajstić information content (AvgIpc) is 3.77. The minimum Gasteiger partial charge on any atom is -0.484 e. The first kappa shape index (κ1) is 39.5. The lowest BCUT2D eigenvalue weighted by Crippen LogP contribution is -2.30. The van der Waals surface area contributed by atoms with Crippen LogP contribution in [0.25, 0.3) is 5.69 Å². The molecule has 1 unspecified atom stereocenters. The number of nitrogens with zero attached hydrogens (tertiary/aromatic N) is 6. The molecule has 1 aliphatic rings. The van der Waals surface area contributed by atoms with E-state index in [9.17, 15) is 9.59 Å². The summed E-state index contributed by atoms with van der Waals surface area (Å²) in [7, 11) is 0. The summed E-state index contributed by atoms with van der Waals surface area (Å²) in [6.45, 7) is 4.34. The third kappa shape index (κ3) is 12.4. The Labute approximate surface area is 317 Å². The molecule has 0 spiro atoms. The van der Waals surface area contributed by atoms with Gasteiger partial charge in [-0.1, -0.05) is 126 Å². The number of para-hydroxylation sites is 1. The fourth-order valence-electron chi connectivity index (χ4n) is 6.21. The van der Waals surface area contributed by atoms with E-state index in [-0.39, 0.29) is 24.3 Å². The van der Waals surface area contributed by atoms with Gasteiger partial charge in [0, 0.05) is 5.69 Å². The summed E-state index contributed by atoms with van der Waals surface area (Å²) in [5.41, 5.74) is 3.11. The zero-order valence-corrected chi connectivity index (χ0v) is 31.9. The van der Waals surface area contributed by atoms with E-state index in [2.05, 4.69) is 38.9 Å². The molecule has 0 fully saturated rings. The van der Waals surface area contributed by atoms with Gasteiger partial charge in [-0.15, -0.1) is 10.2 Å². The zero-order valence-electron chi connectivity index (χ0n) is 31.1. The normalized spacial score (nSPS) is 14.0. The zero-order chi connectivity index (χ0) is 37.1. The topological polar surface area (TPSA) is 124 Å². The number of carbonyl (C=O) groups is 2. The maximum atomic E-state index is 13.6. The molecule has 0 aliphatic carbocycles. The Morgan fingerprint density at radius 2 is 1.45 bits per heavy atom. The molecule has 1 atom stereocenters. The molecule has 0 bridgehead atoms. The summed E-state index contributed by atoms with van der Waals surface area (Å²) in [6, 6.07) is 24.4. The van der Waals surface area contributed by atoms with Crippen molar-refractivity contribution in [3.8, 4) is 11.4 Å². The van der Waals surface area contributed by atoms with Gasteiger partial charge in [-0.3, -0.25) is 9.59 Å². The number of carbonyl (C=O) groups excluding carboxylic acids is 2. The van der Waals surface area contributed by atoms with Crippen molar-refractivity contribution in [1.82, 2.24) is 20.2 Å². The summed E-state index contributed by atoms with van der Waals surface area (Å²) in [4.78, 5) is 26.3. The fraction of sp³-hybridized carbons (Fsp3) is 0.463. The fourth-order valence-corrected chi connectivity index (χ4v) is 7.17. The molecular weight excluding hydrogens is 687 g/mol. The van der Waals surface area contributed by atoms with Crippen LogP contribution >= 0.6 is 11.8 Å². The van der Waals surface area contributed by atoms with Crippen LogP contribution in [0.1, 0.15) is 103 Å². The van der Waals surface area contributed by atoms with E-state index in [4.69, 9.17) is 9.47 Å². The summed E-state index contributed by atoms with van der Waals surface area (Å²) in [5.74, 6) is 0.389. The van der Waals surface area contributed by atoms with Crippen molar-refractivity contribution < 1.29 is 19.1 Å². The van der Waals surface area contributed by atoms with Gasteiger partial charge in [0.15, 0.2) is 11.9 Å². The summed E-state index contributed by atoms with van der Waals surface area (Å²) >= 11 is 1.17. The van der Waals surface area contributed by atoms with Crippen LogP contribution in [-0.4, -0.2) is 56.4 Å². The molecule has 1 aromatic heterocycles. The predicted octanol–water partition coefficient (Wildman–Crippen LogP) is 9.17. The van der Waals surface area contributed by atoms with E-state index in [1.807, 2.05) is 55.5 Å². The number of benzene rings is 3. The Bertz CT molecular complexity index is 1730. The second kappa shape index (κ2) is 21.7. The second-order valence-electron chi connectivity index (χ2n) is 13.3. The maximum Gasteiger partial charge on any atom is 0.270 e. The van der Waals surface area contributed by atoms with Crippen LogP contribution in [0, 0.1) is 0 Å². The second-order valence-corrected chi connectivity index (χ2v) is 14.3. The number of hydrogen-bond donors (Lipinski definition) is 1. The van der Waals surface area contributed by atoms with E-state index >= 15 is 0 Å². The molecule has 2 amide bonds. The standard InChI is InChI=1S/C41H53N7O4S/c1-3-5-6-7-8-9-10-11-12-13-14-15-17-21-32-22-20-25-36(30-32)52-31-37(49)42-33-26-28-35(29-27-33)47-40(50)38(39(44-47)51-4-2)53-41-43-45-46-48(41)34-23-18-16-19-24-34/h16,18-20,22-30,38H,3-15,17,21,31H2,1-2H3,(H,42,49).